The van der Waals surface area contributed by atoms with Crippen LogP contribution in [0.3, 0.4) is 0 Å². The molecule has 142 valence electrons. The van der Waals surface area contributed by atoms with E-state index < -0.39 is 0 Å². The normalized spacial score (nSPS) is 19.9. The largest absolute Gasteiger partial charge is 0.376 e. The first-order chi connectivity index (χ1) is 13.4. The highest BCUT2D eigenvalue weighted by Crippen LogP contribution is 2.41. The van der Waals surface area contributed by atoms with Crippen LogP contribution >= 0.6 is 34.4 Å². The number of thiophene rings is 1. The minimum atomic E-state index is 0.299. The molecule has 0 radical (unpaired) electrons. The van der Waals surface area contributed by atoms with Gasteiger partial charge in [-0.15, -0.1) is 21.5 Å². The summed E-state index contributed by atoms with van der Waals surface area (Å²) in [6.45, 7) is 1.67. The van der Waals surface area contributed by atoms with Crippen molar-refractivity contribution in [2.75, 3.05) is 18.5 Å². The molecule has 1 aliphatic carbocycles. The first kappa shape index (κ1) is 17.8. The Bertz CT molecular complexity index is 934. The summed E-state index contributed by atoms with van der Waals surface area (Å²) in [7, 11) is 0. The summed E-state index contributed by atoms with van der Waals surface area (Å²) in [6.07, 6.45) is 10.4. The van der Waals surface area contributed by atoms with Crippen LogP contribution in [-0.4, -0.2) is 39.4 Å². The highest BCUT2D eigenvalue weighted by Gasteiger charge is 2.21. The molecule has 1 atom stereocenters. The smallest absolute Gasteiger partial charge is 0.206 e. The zero-order chi connectivity index (χ0) is 18.1. The molecule has 1 fully saturated rings. The lowest BCUT2D eigenvalue weighted by molar-refractivity contribution is 0.120. The standard InChI is InChI=1S/C18H21N5OS3/c1-2-6-12-13(7-3-1)25-15-14(12)16(21-10-20-15)26-18-23-22-17(27-18)19-9-11-5-4-8-24-11/h10-11H,1-9H2,(H,19,22). The molecule has 6 nitrogen and oxygen atoms in total. The predicted molar refractivity (Wildman–Crippen MR) is 110 cm³/mol. The lowest BCUT2D eigenvalue weighted by Gasteiger charge is -2.08. The van der Waals surface area contributed by atoms with Crippen molar-refractivity contribution in [3.8, 4) is 0 Å². The molecule has 0 saturated carbocycles. The summed E-state index contributed by atoms with van der Waals surface area (Å²) < 4.78 is 6.57. The summed E-state index contributed by atoms with van der Waals surface area (Å²) in [5.74, 6) is 0. The lowest BCUT2D eigenvalue weighted by atomic mass is 10.1. The van der Waals surface area contributed by atoms with E-state index in [2.05, 4.69) is 25.5 Å². The van der Waals surface area contributed by atoms with Gasteiger partial charge in [0.15, 0.2) is 4.34 Å². The fraction of sp³-hybridized carbons (Fsp3) is 0.556. The van der Waals surface area contributed by atoms with Crippen LogP contribution in [0.25, 0.3) is 10.2 Å². The van der Waals surface area contributed by atoms with Crippen molar-refractivity contribution in [2.24, 2.45) is 0 Å². The second kappa shape index (κ2) is 7.98. The van der Waals surface area contributed by atoms with Gasteiger partial charge in [0.1, 0.15) is 16.2 Å². The number of fused-ring (bicyclic) bond motifs is 3. The van der Waals surface area contributed by atoms with Gasteiger partial charge >= 0.3 is 0 Å². The van der Waals surface area contributed by atoms with Gasteiger partial charge in [0.2, 0.25) is 5.13 Å². The number of hydrogen-bond acceptors (Lipinski definition) is 9. The summed E-state index contributed by atoms with van der Waals surface area (Å²) >= 11 is 5.03. The van der Waals surface area contributed by atoms with E-state index >= 15 is 0 Å². The van der Waals surface area contributed by atoms with E-state index in [1.165, 1.54) is 41.5 Å². The van der Waals surface area contributed by atoms with Gasteiger partial charge in [0, 0.05) is 23.4 Å². The zero-order valence-corrected chi connectivity index (χ0v) is 17.4. The van der Waals surface area contributed by atoms with Crippen LogP contribution in [0.15, 0.2) is 15.7 Å². The van der Waals surface area contributed by atoms with Crippen molar-refractivity contribution in [1.29, 1.82) is 0 Å². The van der Waals surface area contributed by atoms with Crippen LogP contribution in [0.4, 0.5) is 5.13 Å². The third kappa shape index (κ3) is 3.83. The molecule has 0 amide bonds. The minimum Gasteiger partial charge on any atom is -0.376 e. The Kier molecular flexibility index (Phi) is 5.26. The molecule has 3 aromatic rings. The van der Waals surface area contributed by atoms with E-state index in [0.717, 1.165) is 51.7 Å². The number of nitrogens with zero attached hydrogens (tertiary/aromatic N) is 4. The van der Waals surface area contributed by atoms with E-state index in [9.17, 15) is 0 Å². The summed E-state index contributed by atoms with van der Waals surface area (Å²) in [6, 6.07) is 0. The third-order valence-corrected chi connectivity index (χ3v) is 8.20. The number of rotatable bonds is 5. The molecule has 5 rings (SSSR count). The molecular weight excluding hydrogens is 398 g/mol. The van der Waals surface area contributed by atoms with Crippen LogP contribution < -0.4 is 5.32 Å². The number of ether oxygens (including phenoxy) is 1. The third-order valence-electron chi connectivity index (χ3n) is 5.06. The first-order valence-electron chi connectivity index (χ1n) is 9.49. The van der Waals surface area contributed by atoms with E-state index in [1.807, 2.05) is 11.3 Å². The van der Waals surface area contributed by atoms with Gasteiger partial charge in [0.25, 0.3) is 0 Å². The molecule has 0 aromatic carbocycles. The molecular formula is C18H21N5OS3. The van der Waals surface area contributed by atoms with Crippen molar-refractivity contribution in [3.05, 3.63) is 16.8 Å². The summed E-state index contributed by atoms with van der Waals surface area (Å²) in [5.41, 5.74) is 1.47. The van der Waals surface area contributed by atoms with E-state index in [0.29, 0.717) is 6.10 Å². The number of anilines is 1. The quantitative estimate of drug-likeness (QED) is 0.480. The number of aryl methyl sites for hydroxylation is 2. The Morgan fingerprint density at radius 1 is 1.11 bits per heavy atom. The molecule has 1 saturated heterocycles. The van der Waals surface area contributed by atoms with Crippen LogP contribution in [0.5, 0.6) is 0 Å². The van der Waals surface area contributed by atoms with Crippen LogP contribution in [-0.2, 0) is 17.6 Å². The predicted octanol–water partition coefficient (Wildman–Crippen LogP) is 4.55. The molecule has 0 spiro atoms. The summed E-state index contributed by atoms with van der Waals surface area (Å²) in [4.78, 5) is 11.7. The van der Waals surface area contributed by atoms with Gasteiger partial charge in [-0.05, 0) is 55.9 Å². The van der Waals surface area contributed by atoms with Crippen LogP contribution in [0, 0.1) is 0 Å². The van der Waals surface area contributed by atoms with Crippen molar-refractivity contribution in [3.63, 3.8) is 0 Å². The van der Waals surface area contributed by atoms with Gasteiger partial charge in [-0.3, -0.25) is 0 Å². The van der Waals surface area contributed by atoms with Gasteiger partial charge in [-0.1, -0.05) is 17.8 Å². The molecule has 1 unspecified atom stereocenters. The molecule has 2 aliphatic rings. The topological polar surface area (TPSA) is 72.8 Å². The van der Waals surface area contributed by atoms with Crippen LogP contribution in [0.1, 0.15) is 42.5 Å². The molecule has 3 aromatic heterocycles. The second-order valence-electron chi connectivity index (χ2n) is 6.91. The minimum absolute atomic E-state index is 0.299. The second-order valence-corrected chi connectivity index (χ2v) is 10.2. The molecule has 4 heterocycles. The van der Waals surface area contributed by atoms with Crippen molar-refractivity contribution < 1.29 is 4.74 Å². The fourth-order valence-electron chi connectivity index (χ4n) is 3.73. The zero-order valence-electron chi connectivity index (χ0n) is 14.9. The Morgan fingerprint density at radius 2 is 2.07 bits per heavy atom. The number of aromatic nitrogens is 4. The van der Waals surface area contributed by atoms with Gasteiger partial charge in [0.05, 0.1) is 6.10 Å². The van der Waals surface area contributed by atoms with Crippen molar-refractivity contribution in [2.45, 2.75) is 60.4 Å². The van der Waals surface area contributed by atoms with Gasteiger partial charge in [-0.25, -0.2) is 9.97 Å². The van der Waals surface area contributed by atoms with Gasteiger partial charge in [-0.2, -0.15) is 0 Å². The molecule has 1 N–H and O–H groups in total. The van der Waals surface area contributed by atoms with E-state index in [1.54, 1.807) is 29.4 Å². The Morgan fingerprint density at radius 3 is 3.00 bits per heavy atom. The molecule has 9 heteroatoms. The van der Waals surface area contributed by atoms with E-state index in [4.69, 9.17) is 4.74 Å². The average molecular weight is 420 g/mol. The highest BCUT2D eigenvalue weighted by molar-refractivity contribution is 8.01. The lowest BCUT2D eigenvalue weighted by Crippen LogP contribution is -2.18. The van der Waals surface area contributed by atoms with Crippen molar-refractivity contribution in [1.82, 2.24) is 20.2 Å². The number of nitrogens with one attached hydrogen (secondary N) is 1. The fourth-order valence-corrected chi connectivity index (χ4v) is 6.81. The summed E-state index contributed by atoms with van der Waals surface area (Å²) in [5, 5.41) is 15.1. The van der Waals surface area contributed by atoms with E-state index in [-0.39, 0.29) is 0 Å². The SMILES string of the molecule is c1nc(Sc2nnc(NCC3CCCO3)s2)c2c3c(sc2n1)CCCCC3. The highest BCUT2D eigenvalue weighted by atomic mass is 32.2. The maximum atomic E-state index is 5.65. The Hall–Kier alpha value is -1.29. The van der Waals surface area contributed by atoms with Gasteiger partial charge < -0.3 is 10.1 Å². The number of hydrogen-bond donors (Lipinski definition) is 1. The Labute approximate surface area is 170 Å². The maximum Gasteiger partial charge on any atom is 0.206 e. The van der Waals surface area contributed by atoms with Crippen LogP contribution in [0.2, 0.25) is 0 Å². The molecule has 1 aliphatic heterocycles. The molecule has 0 bridgehead atoms. The average Bonchev–Trinajstić information content (AvgIpc) is 3.38. The Balaban J connectivity index is 1.36. The monoisotopic (exact) mass is 419 g/mol. The first-order valence-corrected chi connectivity index (χ1v) is 11.9. The maximum absolute atomic E-state index is 5.65. The molecule has 27 heavy (non-hydrogen) atoms. The van der Waals surface area contributed by atoms with Crippen molar-refractivity contribution >= 4 is 49.8 Å².